The summed E-state index contributed by atoms with van der Waals surface area (Å²) in [6.45, 7) is 1.88. The van der Waals surface area contributed by atoms with Crippen molar-refractivity contribution in [3.05, 3.63) is 53.6 Å². The quantitative estimate of drug-likeness (QED) is 0.534. The third-order valence-corrected chi connectivity index (χ3v) is 8.14. The summed E-state index contributed by atoms with van der Waals surface area (Å²) in [5, 5.41) is -1.36. The zero-order chi connectivity index (χ0) is 23.3. The van der Waals surface area contributed by atoms with Crippen LogP contribution >= 0.6 is 0 Å². The molecular weight excluding hydrogens is 459 g/mol. The second-order valence-corrected chi connectivity index (χ2v) is 12.0. The van der Waals surface area contributed by atoms with Crippen molar-refractivity contribution in [1.82, 2.24) is 9.55 Å². The minimum absolute atomic E-state index is 0.0448. The first kappa shape index (κ1) is 22.2. The number of nitrogen functional groups attached to an aromatic ring is 1. The highest BCUT2D eigenvalue weighted by Crippen LogP contribution is 2.39. The molecule has 2 heterocycles. The number of ether oxygens (including phenoxy) is 1. The Balaban J connectivity index is 1.78. The molecule has 1 aliphatic heterocycles. The van der Waals surface area contributed by atoms with Gasteiger partial charge in [0.2, 0.25) is 9.84 Å². The fraction of sp³-hybridized carbons (Fsp3) is 0.300. The van der Waals surface area contributed by atoms with Crippen molar-refractivity contribution >= 4 is 42.8 Å². The predicted octanol–water partition coefficient (Wildman–Crippen LogP) is 2.01. The van der Waals surface area contributed by atoms with Crippen molar-refractivity contribution in [3.8, 4) is 0 Å². The van der Waals surface area contributed by atoms with Gasteiger partial charge in [-0.2, -0.15) is 0 Å². The van der Waals surface area contributed by atoms with E-state index in [2.05, 4.69) is 9.98 Å². The molecule has 0 amide bonds. The molecule has 0 bridgehead atoms. The molecule has 0 saturated heterocycles. The molecule has 2 unspecified atom stereocenters. The third kappa shape index (κ3) is 3.95. The average Bonchev–Trinajstić information content (AvgIpc) is 3.36. The number of fused-ring (bicyclic) bond motifs is 1. The number of halogens is 1. The van der Waals surface area contributed by atoms with Gasteiger partial charge in [0, 0.05) is 18.4 Å². The molecule has 3 aromatic rings. The van der Waals surface area contributed by atoms with E-state index in [1.165, 1.54) is 29.1 Å². The summed E-state index contributed by atoms with van der Waals surface area (Å²) in [6, 6.07) is 7.76. The van der Waals surface area contributed by atoms with Gasteiger partial charge in [0.25, 0.3) is 0 Å². The second kappa shape index (κ2) is 7.85. The van der Waals surface area contributed by atoms with Crippen LogP contribution in [-0.4, -0.2) is 50.2 Å². The Morgan fingerprint density at radius 1 is 1.19 bits per heavy atom. The van der Waals surface area contributed by atoms with Gasteiger partial charge in [-0.3, -0.25) is 0 Å². The fourth-order valence-corrected chi connectivity index (χ4v) is 5.58. The lowest BCUT2D eigenvalue weighted by molar-refractivity contribution is 0.228. The van der Waals surface area contributed by atoms with Crippen LogP contribution in [0.2, 0.25) is 0 Å². The number of nitrogens with two attached hydrogens (primary N) is 1. The minimum atomic E-state index is -3.96. The molecule has 1 aliphatic rings. The molecule has 1 aromatic heterocycles. The summed E-state index contributed by atoms with van der Waals surface area (Å²) in [5.41, 5.74) is 6.91. The first-order chi connectivity index (χ1) is 15.0. The number of anilines is 1. The van der Waals surface area contributed by atoms with Crippen LogP contribution in [0.15, 0.2) is 46.5 Å². The van der Waals surface area contributed by atoms with Gasteiger partial charge >= 0.3 is 0 Å². The van der Waals surface area contributed by atoms with E-state index in [1.54, 1.807) is 12.1 Å². The first-order valence-electron chi connectivity index (χ1n) is 9.57. The van der Waals surface area contributed by atoms with Gasteiger partial charge in [0.15, 0.2) is 23.7 Å². The lowest BCUT2D eigenvalue weighted by Crippen LogP contribution is -2.25. The van der Waals surface area contributed by atoms with Gasteiger partial charge in [-0.1, -0.05) is 17.7 Å². The Kier molecular flexibility index (Phi) is 5.45. The van der Waals surface area contributed by atoms with Gasteiger partial charge in [-0.25, -0.2) is 31.2 Å². The maximum Gasteiger partial charge on any atom is 0.205 e. The smallest absolute Gasteiger partial charge is 0.205 e. The first-order valence-corrected chi connectivity index (χ1v) is 13.2. The van der Waals surface area contributed by atoms with Gasteiger partial charge in [-0.15, -0.1) is 0 Å². The van der Waals surface area contributed by atoms with E-state index in [9.17, 15) is 16.8 Å². The summed E-state index contributed by atoms with van der Waals surface area (Å²) >= 11 is 0. The SMILES string of the molecule is Cc1ccc(S(=O)(=O)C2N=COC2c2cc3c(ncn3CCS(C)(=O)=O)c(F)c2N)cc1. The van der Waals surface area contributed by atoms with Crippen LogP contribution in [0.1, 0.15) is 17.2 Å². The monoisotopic (exact) mass is 480 g/mol. The Morgan fingerprint density at radius 2 is 1.88 bits per heavy atom. The number of aliphatic imine (C=N–C) groups is 1. The van der Waals surface area contributed by atoms with Crippen LogP contribution in [0.4, 0.5) is 10.1 Å². The number of sulfone groups is 2. The average molecular weight is 481 g/mol. The maximum atomic E-state index is 15.0. The highest BCUT2D eigenvalue weighted by molar-refractivity contribution is 7.92. The van der Waals surface area contributed by atoms with Crippen LogP contribution in [0.5, 0.6) is 0 Å². The van der Waals surface area contributed by atoms with E-state index >= 15 is 4.39 Å². The zero-order valence-electron chi connectivity index (χ0n) is 17.3. The Morgan fingerprint density at radius 3 is 2.53 bits per heavy atom. The molecule has 0 fully saturated rings. The molecule has 2 atom stereocenters. The summed E-state index contributed by atoms with van der Waals surface area (Å²) in [7, 11) is -7.23. The number of aromatic nitrogens is 2. The van der Waals surface area contributed by atoms with Crippen molar-refractivity contribution < 1.29 is 26.0 Å². The lowest BCUT2D eigenvalue weighted by Gasteiger charge is -2.20. The largest absolute Gasteiger partial charge is 0.472 e. The predicted molar refractivity (Wildman–Crippen MR) is 118 cm³/mol. The lowest BCUT2D eigenvalue weighted by atomic mass is 10.1. The molecular formula is C20H21FN4O5S2. The summed E-state index contributed by atoms with van der Waals surface area (Å²) in [6.07, 6.45) is 2.25. The van der Waals surface area contributed by atoms with Crippen LogP contribution in [-0.2, 0) is 31.0 Å². The Hall–Kier alpha value is -2.99. The van der Waals surface area contributed by atoms with E-state index in [-0.39, 0.29) is 39.5 Å². The summed E-state index contributed by atoms with van der Waals surface area (Å²) in [4.78, 5) is 8.03. The number of hydrogen-bond acceptors (Lipinski definition) is 8. The van der Waals surface area contributed by atoms with E-state index in [0.717, 1.165) is 18.2 Å². The Labute approximate surface area is 184 Å². The molecule has 12 heteroatoms. The standard InChI is InChI=1S/C20H21FN4O5S2/c1-12-3-5-13(6-4-12)32(28,29)20-19(30-11-24-20)14-9-15-18(16(21)17(14)22)23-10-25(15)7-8-31(2,26)27/h3-6,9-11,19-20H,7-8,22H2,1-2H3. The molecule has 2 aromatic carbocycles. The van der Waals surface area contributed by atoms with Gasteiger partial charge in [-0.05, 0) is 25.1 Å². The number of nitrogens with zero attached hydrogens (tertiary/aromatic N) is 3. The normalized spacial score (nSPS) is 18.8. The highest BCUT2D eigenvalue weighted by atomic mass is 32.2. The van der Waals surface area contributed by atoms with E-state index in [1.807, 2.05) is 6.92 Å². The Bertz CT molecular complexity index is 1430. The van der Waals surface area contributed by atoms with Crippen molar-refractivity contribution in [2.24, 2.45) is 4.99 Å². The van der Waals surface area contributed by atoms with Gasteiger partial charge in [0.05, 0.1) is 28.2 Å². The molecule has 4 rings (SSSR count). The van der Waals surface area contributed by atoms with Gasteiger partial charge in [0.1, 0.15) is 15.4 Å². The molecule has 0 saturated carbocycles. The maximum absolute atomic E-state index is 15.0. The number of benzene rings is 2. The number of hydrogen-bond donors (Lipinski definition) is 1. The van der Waals surface area contributed by atoms with Gasteiger partial charge < -0.3 is 15.0 Å². The van der Waals surface area contributed by atoms with Crippen LogP contribution in [0, 0.1) is 12.7 Å². The second-order valence-electron chi connectivity index (χ2n) is 7.69. The molecule has 0 aliphatic carbocycles. The minimum Gasteiger partial charge on any atom is -0.472 e. The number of aryl methyl sites for hydroxylation is 2. The zero-order valence-corrected chi connectivity index (χ0v) is 18.9. The topological polar surface area (TPSA) is 134 Å². The van der Waals surface area contributed by atoms with Crippen molar-refractivity contribution in [3.63, 3.8) is 0 Å². The van der Waals surface area contributed by atoms with E-state index in [4.69, 9.17) is 10.5 Å². The van der Waals surface area contributed by atoms with E-state index < -0.39 is 37.0 Å². The molecule has 0 spiro atoms. The van der Waals surface area contributed by atoms with Crippen LogP contribution in [0.25, 0.3) is 11.0 Å². The van der Waals surface area contributed by atoms with Crippen molar-refractivity contribution in [2.45, 2.75) is 29.8 Å². The highest BCUT2D eigenvalue weighted by Gasteiger charge is 2.41. The summed E-state index contributed by atoms with van der Waals surface area (Å²) < 4.78 is 71.4. The van der Waals surface area contributed by atoms with Crippen molar-refractivity contribution in [2.75, 3.05) is 17.7 Å². The molecule has 170 valence electrons. The van der Waals surface area contributed by atoms with Crippen molar-refractivity contribution in [1.29, 1.82) is 0 Å². The van der Waals surface area contributed by atoms with E-state index in [0.29, 0.717) is 0 Å². The van der Waals surface area contributed by atoms with Crippen LogP contribution in [0.3, 0.4) is 0 Å². The van der Waals surface area contributed by atoms with Crippen LogP contribution < -0.4 is 5.73 Å². The number of imidazole rings is 1. The molecule has 9 nitrogen and oxygen atoms in total. The molecule has 0 radical (unpaired) electrons. The fourth-order valence-electron chi connectivity index (χ4n) is 3.51. The molecule has 32 heavy (non-hydrogen) atoms. The number of rotatable bonds is 6. The third-order valence-electron chi connectivity index (χ3n) is 5.28. The summed E-state index contributed by atoms with van der Waals surface area (Å²) in [5.74, 6) is -1.01. The molecule has 2 N–H and O–H groups in total.